The minimum absolute atomic E-state index is 0.128. The molecule has 0 bridgehead atoms. The summed E-state index contributed by atoms with van der Waals surface area (Å²) >= 11 is 0. The van der Waals surface area contributed by atoms with Gasteiger partial charge in [-0.1, -0.05) is 54.6 Å². The van der Waals surface area contributed by atoms with Crippen molar-refractivity contribution in [3.8, 4) is 11.4 Å². The normalized spacial score (nSPS) is 22.6. The molecule has 2 heterocycles. The molecule has 126 valence electrons. The fourth-order valence-corrected chi connectivity index (χ4v) is 4.14. The monoisotopic (exact) mass is 332 g/mol. The minimum Gasteiger partial charge on any atom is -0.387 e. The van der Waals surface area contributed by atoms with Crippen LogP contribution in [0.4, 0.5) is 0 Å². The van der Waals surface area contributed by atoms with Gasteiger partial charge in [-0.05, 0) is 17.5 Å². The minimum atomic E-state index is -0.417. The van der Waals surface area contributed by atoms with Crippen LogP contribution >= 0.6 is 0 Å². The zero-order valence-corrected chi connectivity index (χ0v) is 13.9. The van der Waals surface area contributed by atoms with Crippen molar-refractivity contribution in [2.45, 2.75) is 31.7 Å². The molecular weight excluding hydrogens is 312 g/mol. The van der Waals surface area contributed by atoms with Gasteiger partial charge >= 0.3 is 0 Å². The number of hydrogen-bond acceptors (Lipinski definition) is 4. The Morgan fingerprint density at radius 1 is 0.920 bits per heavy atom. The van der Waals surface area contributed by atoms with Gasteiger partial charge in [0.25, 0.3) is 0 Å². The number of aliphatic hydroxyl groups excluding tert-OH is 1. The van der Waals surface area contributed by atoms with Crippen LogP contribution < -0.4 is 0 Å². The summed E-state index contributed by atoms with van der Waals surface area (Å²) in [6.45, 7) is 2.49. The summed E-state index contributed by atoms with van der Waals surface area (Å²) in [6, 6.07) is 18.5. The molecule has 0 saturated carbocycles. The van der Waals surface area contributed by atoms with E-state index in [1.807, 2.05) is 36.4 Å². The van der Waals surface area contributed by atoms with E-state index in [9.17, 15) is 5.11 Å². The van der Waals surface area contributed by atoms with Gasteiger partial charge in [-0.15, -0.1) is 10.2 Å². The molecule has 0 spiro atoms. The lowest BCUT2D eigenvalue weighted by Gasteiger charge is -2.34. The molecule has 3 aromatic rings. The van der Waals surface area contributed by atoms with Gasteiger partial charge in [0.1, 0.15) is 5.82 Å². The molecule has 1 aliphatic carbocycles. The maximum Gasteiger partial charge on any atom is 0.164 e. The van der Waals surface area contributed by atoms with Crippen LogP contribution in [-0.2, 0) is 19.5 Å². The summed E-state index contributed by atoms with van der Waals surface area (Å²) in [6.07, 6.45) is 0.482. The van der Waals surface area contributed by atoms with E-state index < -0.39 is 6.10 Å². The van der Waals surface area contributed by atoms with Crippen molar-refractivity contribution in [2.75, 3.05) is 6.54 Å². The van der Waals surface area contributed by atoms with Crippen LogP contribution in [0.5, 0.6) is 0 Å². The second kappa shape index (κ2) is 5.79. The molecule has 0 saturated heterocycles. The Bertz CT molecular complexity index is 905. The SMILES string of the molecule is O[C@H]1c2ccccc2C[C@@H]1N1CCn2c(nnc2-c2ccccc2)C1. The van der Waals surface area contributed by atoms with Gasteiger partial charge in [0.2, 0.25) is 0 Å². The zero-order valence-electron chi connectivity index (χ0n) is 13.9. The summed E-state index contributed by atoms with van der Waals surface area (Å²) < 4.78 is 2.21. The molecule has 1 aliphatic heterocycles. The lowest BCUT2D eigenvalue weighted by atomic mass is 10.1. The topological polar surface area (TPSA) is 54.2 Å². The summed E-state index contributed by atoms with van der Waals surface area (Å²) in [5.74, 6) is 1.92. The fraction of sp³-hybridized carbons (Fsp3) is 0.300. The molecule has 0 radical (unpaired) electrons. The highest BCUT2D eigenvalue weighted by Crippen LogP contribution is 2.36. The lowest BCUT2D eigenvalue weighted by Crippen LogP contribution is -2.43. The van der Waals surface area contributed by atoms with Crippen LogP contribution in [0.3, 0.4) is 0 Å². The number of fused-ring (bicyclic) bond motifs is 2. The van der Waals surface area contributed by atoms with E-state index in [2.05, 4.69) is 37.9 Å². The van der Waals surface area contributed by atoms with Crippen molar-refractivity contribution in [3.63, 3.8) is 0 Å². The van der Waals surface area contributed by atoms with E-state index in [1.165, 1.54) is 5.56 Å². The van der Waals surface area contributed by atoms with Crippen LogP contribution in [-0.4, -0.2) is 37.4 Å². The Morgan fingerprint density at radius 2 is 1.72 bits per heavy atom. The van der Waals surface area contributed by atoms with Crippen molar-refractivity contribution in [3.05, 3.63) is 71.5 Å². The number of benzene rings is 2. The zero-order chi connectivity index (χ0) is 16.8. The first-order chi connectivity index (χ1) is 12.3. The van der Waals surface area contributed by atoms with E-state index in [0.29, 0.717) is 0 Å². The van der Waals surface area contributed by atoms with E-state index in [4.69, 9.17) is 0 Å². The Kier molecular flexibility index (Phi) is 3.43. The van der Waals surface area contributed by atoms with Gasteiger partial charge in [-0.25, -0.2) is 0 Å². The van der Waals surface area contributed by atoms with Crippen LogP contribution in [0.1, 0.15) is 23.1 Å². The molecule has 2 aliphatic rings. The average molecular weight is 332 g/mol. The summed E-state index contributed by atoms with van der Waals surface area (Å²) in [5.41, 5.74) is 3.43. The number of hydrogen-bond donors (Lipinski definition) is 1. The van der Waals surface area contributed by atoms with E-state index in [-0.39, 0.29) is 6.04 Å². The third-order valence-corrected chi connectivity index (χ3v) is 5.45. The fourth-order valence-electron chi connectivity index (χ4n) is 4.14. The first-order valence-corrected chi connectivity index (χ1v) is 8.78. The van der Waals surface area contributed by atoms with Gasteiger partial charge in [0, 0.05) is 24.7 Å². The van der Waals surface area contributed by atoms with E-state index in [1.54, 1.807) is 0 Å². The van der Waals surface area contributed by atoms with Crippen LogP contribution in [0.2, 0.25) is 0 Å². The summed E-state index contributed by atoms with van der Waals surface area (Å²) in [4.78, 5) is 2.35. The summed E-state index contributed by atoms with van der Waals surface area (Å²) in [5, 5.41) is 19.6. The predicted molar refractivity (Wildman–Crippen MR) is 94.8 cm³/mol. The number of aromatic nitrogens is 3. The van der Waals surface area contributed by atoms with Gasteiger partial charge in [0.15, 0.2) is 5.82 Å². The van der Waals surface area contributed by atoms with Crippen LogP contribution in [0, 0.1) is 0 Å². The van der Waals surface area contributed by atoms with Crippen molar-refractivity contribution in [1.29, 1.82) is 0 Å². The molecule has 0 fully saturated rings. The molecular formula is C20H20N4O. The van der Waals surface area contributed by atoms with E-state index >= 15 is 0 Å². The van der Waals surface area contributed by atoms with E-state index in [0.717, 1.165) is 48.8 Å². The molecule has 5 heteroatoms. The molecule has 2 aromatic carbocycles. The highest BCUT2D eigenvalue weighted by Gasteiger charge is 2.37. The third-order valence-electron chi connectivity index (χ3n) is 5.45. The van der Waals surface area contributed by atoms with Crippen molar-refractivity contribution >= 4 is 0 Å². The third kappa shape index (κ3) is 2.39. The molecule has 5 rings (SSSR count). The quantitative estimate of drug-likeness (QED) is 0.783. The van der Waals surface area contributed by atoms with Crippen molar-refractivity contribution in [1.82, 2.24) is 19.7 Å². The highest BCUT2D eigenvalue weighted by atomic mass is 16.3. The van der Waals surface area contributed by atoms with Gasteiger partial charge in [-0.2, -0.15) is 0 Å². The first-order valence-electron chi connectivity index (χ1n) is 8.78. The van der Waals surface area contributed by atoms with Crippen molar-refractivity contribution < 1.29 is 5.11 Å². The maximum atomic E-state index is 10.7. The van der Waals surface area contributed by atoms with Crippen LogP contribution in [0.25, 0.3) is 11.4 Å². The number of nitrogens with zero attached hydrogens (tertiary/aromatic N) is 4. The molecule has 0 unspecified atom stereocenters. The first kappa shape index (κ1) is 14.8. The lowest BCUT2D eigenvalue weighted by molar-refractivity contribution is 0.0439. The average Bonchev–Trinajstić information content (AvgIpc) is 3.24. The van der Waals surface area contributed by atoms with Crippen LogP contribution in [0.15, 0.2) is 54.6 Å². The van der Waals surface area contributed by atoms with Gasteiger partial charge in [0.05, 0.1) is 12.6 Å². The molecule has 1 N–H and O–H groups in total. The Balaban J connectivity index is 1.40. The molecule has 1 aromatic heterocycles. The Hall–Kier alpha value is -2.50. The van der Waals surface area contributed by atoms with Gasteiger partial charge in [-0.3, -0.25) is 4.90 Å². The standard InChI is InChI=1S/C20H20N4O/c25-19-16-9-5-4-8-15(16)12-17(19)23-10-11-24-18(13-23)21-22-20(24)14-6-2-1-3-7-14/h1-9,17,19,25H,10-13H2/t17-,19-/m0/s1. The Morgan fingerprint density at radius 3 is 2.56 bits per heavy atom. The molecule has 0 amide bonds. The molecule has 5 nitrogen and oxygen atoms in total. The van der Waals surface area contributed by atoms with Gasteiger partial charge < -0.3 is 9.67 Å². The maximum absolute atomic E-state index is 10.7. The van der Waals surface area contributed by atoms with Crippen molar-refractivity contribution in [2.24, 2.45) is 0 Å². The second-order valence-corrected chi connectivity index (χ2v) is 6.84. The summed E-state index contributed by atoms with van der Waals surface area (Å²) in [7, 11) is 0. The highest BCUT2D eigenvalue weighted by molar-refractivity contribution is 5.55. The number of rotatable bonds is 2. The second-order valence-electron chi connectivity index (χ2n) is 6.84. The smallest absolute Gasteiger partial charge is 0.164 e. The Labute approximate surface area is 146 Å². The largest absolute Gasteiger partial charge is 0.387 e. The number of aliphatic hydroxyl groups is 1. The molecule has 2 atom stereocenters. The predicted octanol–water partition coefficient (Wildman–Crippen LogP) is 2.42. The molecule has 25 heavy (non-hydrogen) atoms.